The zero-order valence-corrected chi connectivity index (χ0v) is 9.85. The Morgan fingerprint density at radius 3 is 2.28 bits per heavy atom. The first-order valence-electron chi connectivity index (χ1n) is 4.74. The number of aromatic carboxylic acids is 1. The lowest BCUT2D eigenvalue weighted by atomic mass is 10.1. The monoisotopic (exact) mass is 273 g/mol. The van der Waals surface area contributed by atoms with E-state index in [0.717, 1.165) is 0 Å². The summed E-state index contributed by atoms with van der Waals surface area (Å²) in [4.78, 5) is 22.3. The maximum atomic E-state index is 11.5. The first-order valence-corrected chi connectivity index (χ1v) is 6.32. The molecule has 1 N–H and O–H groups in total. The van der Waals surface area contributed by atoms with Crippen molar-refractivity contribution in [3.8, 4) is 0 Å². The second-order valence-corrected chi connectivity index (χ2v) is 4.77. The molecule has 7 nitrogen and oxygen atoms in total. The molecule has 0 saturated heterocycles. The Balaban J connectivity index is 2.76. The normalized spacial score (nSPS) is 10.9. The largest absolute Gasteiger partial charge is 0.748 e. The van der Waals surface area contributed by atoms with Crippen LogP contribution in [-0.2, 0) is 14.9 Å². The first-order chi connectivity index (χ1) is 8.31. The molecule has 0 spiro atoms. The van der Waals surface area contributed by atoms with E-state index in [2.05, 4.69) is 4.74 Å². The molecular weight excluding hydrogens is 264 g/mol. The fourth-order valence-electron chi connectivity index (χ4n) is 1.16. The zero-order valence-electron chi connectivity index (χ0n) is 9.03. The maximum absolute atomic E-state index is 11.5. The molecule has 0 atom stereocenters. The summed E-state index contributed by atoms with van der Waals surface area (Å²) >= 11 is 0. The van der Waals surface area contributed by atoms with Crippen LogP contribution in [0.1, 0.15) is 20.7 Å². The highest BCUT2D eigenvalue weighted by molar-refractivity contribution is 7.85. The highest BCUT2D eigenvalue weighted by atomic mass is 32.2. The quantitative estimate of drug-likeness (QED) is 0.595. The summed E-state index contributed by atoms with van der Waals surface area (Å²) in [6, 6.07) is 5.32. The van der Waals surface area contributed by atoms with Gasteiger partial charge in [0.25, 0.3) is 0 Å². The van der Waals surface area contributed by atoms with Crippen LogP contribution >= 0.6 is 0 Å². The Labute approximate surface area is 103 Å². The average molecular weight is 273 g/mol. The lowest BCUT2D eigenvalue weighted by Gasteiger charge is -2.08. The molecule has 0 aliphatic carbocycles. The molecule has 0 fully saturated rings. The summed E-state index contributed by atoms with van der Waals surface area (Å²) in [5.41, 5.74) is -0.458. The molecule has 0 heterocycles. The number of ether oxygens (including phenoxy) is 1. The van der Waals surface area contributed by atoms with Gasteiger partial charge in [-0.2, -0.15) is 0 Å². The van der Waals surface area contributed by atoms with Crippen LogP contribution in [0.15, 0.2) is 24.3 Å². The minimum Gasteiger partial charge on any atom is -0.748 e. The molecule has 0 aliphatic heterocycles. The molecular formula is C10H9O7S-. The summed E-state index contributed by atoms with van der Waals surface area (Å²) in [5, 5.41) is 8.82. The standard InChI is InChI=1S/C10H10O7S/c11-9(12)7-3-1-2-4-8(7)10(13)17-5-6-18(14,15)16/h1-4H,5-6H2,(H,11,12)(H,14,15,16)/p-1. The van der Waals surface area contributed by atoms with Gasteiger partial charge in [-0.25, -0.2) is 18.0 Å². The second-order valence-electron chi connectivity index (χ2n) is 3.25. The summed E-state index contributed by atoms with van der Waals surface area (Å²) in [6.07, 6.45) is 0. The van der Waals surface area contributed by atoms with Crippen molar-refractivity contribution in [3.63, 3.8) is 0 Å². The Kier molecular flexibility index (Phi) is 4.40. The van der Waals surface area contributed by atoms with Crippen LogP contribution in [0.3, 0.4) is 0 Å². The number of carbonyl (C=O) groups excluding carboxylic acids is 1. The molecule has 1 aromatic rings. The molecule has 0 radical (unpaired) electrons. The molecule has 0 amide bonds. The van der Waals surface area contributed by atoms with Crippen molar-refractivity contribution >= 4 is 22.1 Å². The van der Waals surface area contributed by atoms with Gasteiger partial charge in [0.05, 0.1) is 27.0 Å². The number of hydrogen-bond donors (Lipinski definition) is 1. The number of hydrogen-bond acceptors (Lipinski definition) is 6. The Morgan fingerprint density at radius 1 is 1.22 bits per heavy atom. The van der Waals surface area contributed by atoms with E-state index in [-0.39, 0.29) is 11.1 Å². The molecule has 8 heteroatoms. The van der Waals surface area contributed by atoms with Gasteiger partial charge in [-0.1, -0.05) is 12.1 Å². The minimum atomic E-state index is -4.47. The van der Waals surface area contributed by atoms with Crippen molar-refractivity contribution in [2.75, 3.05) is 12.4 Å². The lowest BCUT2D eigenvalue weighted by Crippen LogP contribution is -2.17. The molecule has 0 unspecified atom stereocenters. The van der Waals surface area contributed by atoms with Crippen molar-refractivity contribution in [3.05, 3.63) is 35.4 Å². The Hall–Kier alpha value is -1.93. The predicted octanol–water partition coefficient (Wildman–Crippen LogP) is 0.0868. The van der Waals surface area contributed by atoms with Gasteiger partial charge in [-0.3, -0.25) is 0 Å². The fourth-order valence-corrected chi connectivity index (χ4v) is 1.45. The molecule has 0 aromatic heterocycles. The Bertz CT molecular complexity index is 561. The average Bonchev–Trinajstić information content (AvgIpc) is 2.27. The van der Waals surface area contributed by atoms with Gasteiger partial charge in [0.2, 0.25) is 0 Å². The van der Waals surface area contributed by atoms with Gasteiger partial charge >= 0.3 is 11.9 Å². The van der Waals surface area contributed by atoms with E-state index in [1.807, 2.05) is 0 Å². The predicted molar refractivity (Wildman–Crippen MR) is 58.2 cm³/mol. The minimum absolute atomic E-state index is 0.201. The van der Waals surface area contributed by atoms with Gasteiger partial charge in [-0.05, 0) is 12.1 Å². The molecule has 0 saturated carbocycles. The number of carboxylic acid groups (broad SMARTS) is 1. The zero-order chi connectivity index (χ0) is 13.8. The SMILES string of the molecule is O=C(O)c1ccccc1C(=O)OCCS(=O)(=O)[O-]. The number of benzene rings is 1. The van der Waals surface area contributed by atoms with Gasteiger partial charge in [-0.15, -0.1) is 0 Å². The third-order valence-electron chi connectivity index (χ3n) is 1.94. The van der Waals surface area contributed by atoms with Gasteiger partial charge in [0, 0.05) is 0 Å². The van der Waals surface area contributed by atoms with E-state index < -0.39 is 34.4 Å². The third kappa shape index (κ3) is 4.15. The first kappa shape index (κ1) is 14.1. The van der Waals surface area contributed by atoms with E-state index in [1.54, 1.807) is 0 Å². The summed E-state index contributed by atoms with van der Waals surface area (Å²) in [6.45, 7) is -0.612. The molecule has 18 heavy (non-hydrogen) atoms. The van der Waals surface area contributed by atoms with Crippen LogP contribution < -0.4 is 0 Å². The highest BCUT2D eigenvalue weighted by Gasteiger charge is 2.16. The molecule has 98 valence electrons. The molecule has 1 rings (SSSR count). The van der Waals surface area contributed by atoms with Crippen molar-refractivity contribution in [1.82, 2.24) is 0 Å². The van der Waals surface area contributed by atoms with Crippen LogP contribution in [0.2, 0.25) is 0 Å². The van der Waals surface area contributed by atoms with Crippen LogP contribution in [-0.4, -0.2) is 42.4 Å². The van der Waals surface area contributed by atoms with Crippen molar-refractivity contribution < 1.29 is 32.4 Å². The van der Waals surface area contributed by atoms with Crippen LogP contribution in [0, 0.1) is 0 Å². The van der Waals surface area contributed by atoms with Crippen molar-refractivity contribution in [2.45, 2.75) is 0 Å². The highest BCUT2D eigenvalue weighted by Crippen LogP contribution is 2.10. The van der Waals surface area contributed by atoms with E-state index in [1.165, 1.54) is 24.3 Å². The fraction of sp³-hybridized carbons (Fsp3) is 0.200. The number of carbonyl (C=O) groups is 2. The summed E-state index contributed by atoms with van der Waals surface area (Å²) < 4.78 is 35.4. The van der Waals surface area contributed by atoms with E-state index in [0.29, 0.717) is 0 Å². The van der Waals surface area contributed by atoms with E-state index in [9.17, 15) is 22.6 Å². The van der Waals surface area contributed by atoms with Gasteiger partial charge in [0.15, 0.2) is 0 Å². The molecule has 0 bridgehead atoms. The van der Waals surface area contributed by atoms with Gasteiger partial charge in [0.1, 0.15) is 6.61 Å². The van der Waals surface area contributed by atoms with Crippen LogP contribution in [0.25, 0.3) is 0 Å². The van der Waals surface area contributed by atoms with Crippen molar-refractivity contribution in [2.24, 2.45) is 0 Å². The summed E-state index contributed by atoms with van der Waals surface area (Å²) in [5.74, 6) is -3.15. The molecule has 0 aliphatic rings. The number of carboxylic acids is 1. The maximum Gasteiger partial charge on any atom is 0.339 e. The van der Waals surface area contributed by atoms with E-state index >= 15 is 0 Å². The number of esters is 1. The van der Waals surface area contributed by atoms with E-state index in [4.69, 9.17) is 5.11 Å². The second kappa shape index (κ2) is 5.61. The molecule has 1 aromatic carbocycles. The van der Waals surface area contributed by atoms with Crippen molar-refractivity contribution in [1.29, 1.82) is 0 Å². The number of rotatable bonds is 5. The van der Waals surface area contributed by atoms with Crippen LogP contribution in [0.4, 0.5) is 0 Å². The smallest absolute Gasteiger partial charge is 0.339 e. The van der Waals surface area contributed by atoms with Crippen LogP contribution in [0.5, 0.6) is 0 Å². The summed E-state index contributed by atoms with van der Waals surface area (Å²) in [7, 11) is -4.47. The van der Waals surface area contributed by atoms with Gasteiger partial charge < -0.3 is 14.4 Å². The topological polar surface area (TPSA) is 121 Å². The third-order valence-corrected chi connectivity index (χ3v) is 2.61. The Morgan fingerprint density at radius 2 is 1.78 bits per heavy atom. The lowest BCUT2D eigenvalue weighted by molar-refractivity contribution is 0.0516.